The number of hydrogen-bond donors (Lipinski definition) is 0. The largest absolute Gasteiger partial charge is 0.309 e. The first-order chi connectivity index (χ1) is 23.8. The normalized spacial score (nSPS) is 14.4. The highest BCUT2D eigenvalue weighted by Crippen LogP contribution is 2.53. The molecule has 4 aromatic carbocycles. The monoisotopic (exact) mass is 632 g/mol. The summed E-state index contributed by atoms with van der Waals surface area (Å²) in [7, 11) is 0. The summed E-state index contributed by atoms with van der Waals surface area (Å²) >= 11 is 0. The van der Waals surface area contributed by atoms with Gasteiger partial charge in [0.05, 0.1) is 5.69 Å². The van der Waals surface area contributed by atoms with E-state index in [0.717, 1.165) is 39.3 Å². The predicted molar refractivity (Wildman–Crippen MR) is 201 cm³/mol. The van der Waals surface area contributed by atoms with Crippen molar-refractivity contribution in [1.82, 2.24) is 15.0 Å². The maximum Gasteiger partial charge on any atom is 0.0649 e. The average Bonchev–Trinajstić information content (AvgIpc) is 3.52. The van der Waals surface area contributed by atoms with Gasteiger partial charge in [-0.05, 0) is 92.0 Å². The van der Waals surface area contributed by atoms with Crippen LogP contribution in [0, 0.1) is 0 Å². The number of benzene rings is 4. The second-order valence-electron chi connectivity index (χ2n) is 14.2. The van der Waals surface area contributed by atoms with Crippen molar-refractivity contribution >= 4 is 17.1 Å². The SMILES string of the molecule is CC1(C)c2ccccc2-c2ccc(-c3cncc(-c4ccc5c(c4)C(C)(C)c4ccccc4-5)c3N(c3ccncc3)c3ccncc3)cc21. The third-order valence-electron chi connectivity index (χ3n) is 10.8. The molecule has 0 saturated heterocycles. The van der Waals surface area contributed by atoms with Gasteiger partial charge in [0.15, 0.2) is 0 Å². The van der Waals surface area contributed by atoms with Crippen molar-refractivity contribution in [3.63, 3.8) is 0 Å². The van der Waals surface area contributed by atoms with Gasteiger partial charge in [0, 0.05) is 70.5 Å². The van der Waals surface area contributed by atoms with Crippen molar-refractivity contribution < 1.29 is 0 Å². The second-order valence-corrected chi connectivity index (χ2v) is 14.2. The van der Waals surface area contributed by atoms with Crippen molar-refractivity contribution in [2.24, 2.45) is 0 Å². The topological polar surface area (TPSA) is 41.9 Å². The lowest BCUT2D eigenvalue weighted by Crippen LogP contribution is -2.16. The third kappa shape index (κ3) is 4.40. The minimum absolute atomic E-state index is 0.121. The molecule has 4 nitrogen and oxygen atoms in total. The van der Waals surface area contributed by atoms with Crippen LogP contribution in [-0.2, 0) is 10.8 Å². The zero-order valence-corrected chi connectivity index (χ0v) is 28.1. The number of hydrogen-bond acceptors (Lipinski definition) is 4. The molecule has 7 aromatic rings. The highest BCUT2D eigenvalue weighted by Gasteiger charge is 2.37. The molecule has 2 aliphatic rings. The van der Waals surface area contributed by atoms with E-state index in [1.54, 1.807) is 0 Å². The summed E-state index contributed by atoms with van der Waals surface area (Å²) in [5, 5.41) is 0. The van der Waals surface area contributed by atoms with Crippen LogP contribution in [0.4, 0.5) is 17.1 Å². The Labute approximate surface area is 287 Å². The number of pyridine rings is 3. The van der Waals surface area contributed by atoms with E-state index in [-0.39, 0.29) is 10.8 Å². The molecular weight excluding hydrogens is 597 g/mol. The fraction of sp³-hybridized carbons (Fsp3) is 0.133. The van der Waals surface area contributed by atoms with Gasteiger partial charge in [-0.3, -0.25) is 15.0 Å². The van der Waals surface area contributed by atoms with Crippen molar-refractivity contribution in [3.8, 4) is 44.5 Å². The molecule has 0 atom stereocenters. The Kier molecular flexibility index (Phi) is 6.47. The highest BCUT2D eigenvalue weighted by molar-refractivity contribution is 5.98. The van der Waals surface area contributed by atoms with E-state index in [1.807, 2.05) is 37.2 Å². The Balaban J connectivity index is 1.31. The van der Waals surface area contributed by atoms with E-state index in [0.29, 0.717) is 0 Å². The summed E-state index contributed by atoms with van der Waals surface area (Å²) < 4.78 is 0. The molecule has 0 radical (unpaired) electrons. The standard InChI is InChI=1S/C45H36N4/c1-44(2)39-11-7-5-9-33(39)35-15-13-29(25-41(35)44)37-27-48-28-38(43(37)49(31-17-21-46-22-18-31)32-19-23-47-24-20-32)30-14-16-36-34-10-6-8-12-40(34)45(3,4)42(36)26-30/h5-28H,1-4H3. The second kappa shape index (κ2) is 10.8. The van der Waals surface area contributed by atoms with Gasteiger partial charge in [0.1, 0.15) is 0 Å². The fourth-order valence-electron chi connectivity index (χ4n) is 8.25. The molecule has 4 heteroatoms. The maximum atomic E-state index is 4.96. The third-order valence-corrected chi connectivity index (χ3v) is 10.8. The molecule has 9 rings (SSSR count). The van der Waals surface area contributed by atoms with Crippen molar-refractivity contribution in [2.75, 3.05) is 4.90 Å². The van der Waals surface area contributed by atoms with Crippen LogP contribution in [-0.4, -0.2) is 15.0 Å². The molecule has 0 saturated carbocycles. The van der Waals surface area contributed by atoms with E-state index < -0.39 is 0 Å². The van der Waals surface area contributed by atoms with E-state index in [9.17, 15) is 0 Å². The fourth-order valence-corrected chi connectivity index (χ4v) is 8.25. The van der Waals surface area contributed by atoms with Crippen LogP contribution in [0.5, 0.6) is 0 Å². The molecule has 0 unspecified atom stereocenters. The molecule has 2 aliphatic carbocycles. The van der Waals surface area contributed by atoms with Gasteiger partial charge in [-0.1, -0.05) is 100 Å². The van der Waals surface area contributed by atoms with Gasteiger partial charge in [-0.2, -0.15) is 0 Å². The molecule has 3 aromatic heterocycles. The van der Waals surface area contributed by atoms with Crippen LogP contribution in [0.1, 0.15) is 49.9 Å². The van der Waals surface area contributed by atoms with E-state index in [1.165, 1.54) is 44.5 Å². The summed E-state index contributed by atoms with van der Waals surface area (Å²) in [6, 6.07) is 39.8. The van der Waals surface area contributed by atoms with Gasteiger partial charge in [0.25, 0.3) is 0 Å². The first-order valence-corrected chi connectivity index (χ1v) is 16.9. The first kappa shape index (κ1) is 29.3. The van der Waals surface area contributed by atoms with Crippen LogP contribution < -0.4 is 4.90 Å². The molecule has 0 bridgehead atoms. The van der Waals surface area contributed by atoms with Crippen LogP contribution in [0.3, 0.4) is 0 Å². The molecule has 236 valence electrons. The predicted octanol–water partition coefficient (Wildman–Crippen LogP) is 11.3. The van der Waals surface area contributed by atoms with Gasteiger partial charge in [-0.15, -0.1) is 0 Å². The molecule has 0 fully saturated rings. The molecule has 0 aliphatic heterocycles. The lowest BCUT2D eigenvalue weighted by molar-refractivity contribution is 0.660. The summed E-state index contributed by atoms with van der Waals surface area (Å²) in [5.41, 5.74) is 17.9. The zero-order chi connectivity index (χ0) is 33.3. The summed E-state index contributed by atoms with van der Waals surface area (Å²) in [6.07, 6.45) is 11.5. The minimum atomic E-state index is -0.121. The van der Waals surface area contributed by atoms with Gasteiger partial charge >= 0.3 is 0 Å². The molecule has 0 spiro atoms. The summed E-state index contributed by atoms with van der Waals surface area (Å²) in [6.45, 7) is 9.34. The van der Waals surface area contributed by atoms with Crippen LogP contribution in [0.15, 0.2) is 146 Å². The van der Waals surface area contributed by atoms with Crippen molar-refractivity contribution in [3.05, 3.63) is 169 Å². The number of anilines is 3. The number of aromatic nitrogens is 3. The Morgan fingerprint density at radius 2 is 0.816 bits per heavy atom. The Morgan fingerprint density at radius 3 is 1.27 bits per heavy atom. The molecule has 0 N–H and O–H groups in total. The van der Waals surface area contributed by atoms with E-state index >= 15 is 0 Å². The van der Waals surface area contributed by atoms with Gasteiger partial charge < -0.3 is 4.90 Å². The maximum absolute atomic E-state index is 4.96. The average molecular weight is 633 g/mol. The molecule has 49 heavy (non-hydrogen) atoms. The van der Waals surface area contributed by atoms with Crippen molar-refractivity contribution in [2.45, 2.75) is 38.5 Å². The van der Waals surface area contributed by atoms with Crippen LogP contribution >= 0.6 is 0 Å². The Bertz CT molecular complexity index is 2230. The smallest absolute Gasteiger partial charge is 0.0649 e. The van der Waals surface area contributed by atoms with Crippen molar-refractivity contribution in [1.29, 1.82) is 0 Å². The van der Waals surface area contributed by atoms with Crippen LogP contribution in [0.25, 0.3) is 44.5 Å². The molecule has 0 amide bonds. The van der Waals surface area contributed by atoms with Crippen LogP contribution in [0.2, 0.25) is 0 Å². The Hall–Kier alpha value is -5.87. The summed E-state index contributed by atoms with van der Waals surface area (Å²) in [5.74, 6) is 0. The number of fused-ring (bicyclic) bond motifs is 6. The Morgan fingerprint density at radius 1 is 0.408 bits per heavy atom. The van der Waals surface area contributed by atoms with Gasteiger partial charge in [0.2, 0.25) is 0 Å². The minimum Gasteiger partial charge on any atom is -0.309 e. The first-order valence-electron chi connectivity index (χ1n) is 16.9. The van der Waals surface area contributed by atoms with E-state index in [2.05, 4.69) is 152 Å². The molecule has 3 heterocycles. The summed E-state index contributed by atoms with van der Waals surface area (Å²) in [4.78, 5) is 16.0. The van der Waals surface area contributed by atoms with Gasteiger partial charge in [-0.25, -0.2) is 0 Å². The molecular formula is C45H36N4. The highest BCUT2D eigenvalue weighted by atomic mass is 15.2. The quantitative estimate of drug-likeness (QED) is 0.189. The zero-order valence-electron chi connectivity index (χ0n) is 28.1. The van der Waals surface area contributed by atoms with E-state index in [4.69, 9.17) is 4.98 Å². The number of nitrogens with zero attached hydrogens (tertiary/aromatic N) is 4. The lowest BCUT2D eigenvalue weighted by atomic mass is 9.81. The lowest BCUT2D eigenvalue weighted by Gasteiger charge is -2.30. The number of rotatable bonds is 5.